The van der Waals surface area contributed by atoms with Crippen LogP contribution in [0.25, 0.3) is 4.96 Å². The molecule has 0 unspecified atom stereocenters. The fourth-order valence-electron chi connectivity index (χ4n) is 2.85. The number of carbonyl (C=O) groups is 1. The number of imidazole rings is 1. The Hall–Kier alpha value is -2.14. The molecule has 1 aliphatic rings. The van der Waals surface area contributed by atoms with Gasteiger partial charge in [-0.3, -0.25) is 9.20 Å². The van der Waals surface area contributed by atoms with Crippen LogP contribution >= 0.6 is 11.3 Å². The summed E-state index contributed by atoms with van der Waals surface area (Å²) in [5.41, 5.74) is 3.23. The van der Waals surface area contributed by atoms with Crippen molar-refractivity contribution in [1.29, 1.82) is 0 Å². The van der Waals surface area contributed by atoms with Gasteiger partial charge in [0.1, 0.15) is 5.75 Å². The molecule has 0 saturated heterocycles. The number of rotatable bonds is 3. The first-order chi connectivity index (χ1) is 10.3. The van der Waals surface area contributed by atoms with E-state index in [-0.39, 0.29) is 0 Å². The lowest BCUT2D eigenvalue weighted by atomic mass is 9.92. The van der Waals surface area contributed by atoms with Gasteiger partial charge in [0.15, 0.2) is 16.9 Å². The molecule has 1 aliphatic carbocycles. The standard InChI is InChI=1S/C16H14N2O2S/c19-10-14-15(17-16-18(14)7-8-21-16)20-13-6-5-11-3-1-2-4-12(11)9-13/h5-10H,1-4H2. The van der Waals surface area contributed by atoms with E-state index in [4.69, 9.17) is 4.74 Å². The Bertz CT molecular complexity index is 819. The van der Waals surface area contributed by atoms with Crippen LogP contribution in [-0.4, -0.2) is 15.7 Å². The van der Waals surface area contributed by atoms with E-state index < -0.39 is 0 Å². The van der Waals surface area contributed by atoms with Crippen molar-refractivity contribution in [1.82, 2.24) is 9.38 Å². The number of nitrogens with zero attached hydrogens (tertiary/aromatic N) is 2. The molecule has 0 N–H and O–H groups in total. The molecule has 0 saturated carbocycles. The van der Waals surface area contributed by atoms with Crippen LogP contribution in [0, 0.1) is 0 Å². The number of thiazole rings is 1. The van der Waals surface area contributed by atoms with Gasteiger partial charge in [-0.05, 0) is 48.9 Å². The van der Waals surface area contributed by atoms with Crippen LogP contribution < -0.4 is 4.74 Å². The number of aryl methyl sites for hydroxylation is 2. The maximum absolute atomic E-state index is 11.3. The van der Waals surface area contributed by atoms with Gasteiger partial charge in [0.25, 0.3) is 0 Å². The van der Waals surface area contributed by atoms with E-state index in [1.807, 2.05) is 17.6 Å². The number of hydrogen-bond acceptors (Lipinski definition) is 4. The monoisotopic (exact) mass is 298 g/mol. The van der Waals surface area contributed by atoms with Crippen molar-refractivity contribution >= 4 is 22.6 Å². The smallest absolute Gasteiger partial charge is 0.250 e. The molecule has 0 aliphatic heterocycles. The Kier molecular flexibility index (Phi) is 3.00. The van der Waals surface area contributed by atoms with E-state index in [0.29, 0.717) is 11.6 Å². The van der Waals surface area contributed by atoms with Crippen molar-refractivity contribution in [2.24, 2.45) is 0 Å². The summed E-state index contributed by atoms with van der Waals surface area (Å²) in [5, 5.41) is 1.90. The zero-order valence-electron chi connectivity index (χ0n) is 11.4. The molecule has 4 nitrogen and oxygen atoms in total. The molecule has 1 aromatic carbocycles. The molecule has 2 aromatic heterocycles. The second kappa shape index (κ2) is 5.00. The fraction of sp³-hybridized carbons (Fsp3) is 0.250. The number of aldehydes is 1. The van der Waals surface area contributed by atoms with E-state index in [1.54, 1.807) is 4.40 Å². The Morgan fingerprint density at radius 2 is 2.10 bits per heavy atom. The van der Waals surface area contributed by atoms with E-state index in [9.17, 15) is 4.79 Å². The van der Waals surface area contributed by atoms with E-state index in [0.717, 1.165) is 29.8 Å². The van der Waals surface area contributed by atoms with Crippen molar-refractivity contribution < 1.29 is 9.53 Å². The lowest BCUT2D eigenvalue weighted by Gasteiger charge is -2.16. The largest absolute Gasteiger partial charge is 0.437 e. The molecule has 4 rings (SSSR count). The predicted octanol–water partition coefficient (Wildman–Crippen LogP) is 3.88. The van der Waals surface area contributed by atoms with Gasteiger partial charge < -0.3 is 4.74 Å². The molecular formula is C16H14N2O2S. The maximum atomic E-state index is 11.3. The summed E-state index contributed by atoms with van der Waals surface area (Å²) in [6.07, 6.45) is 7.37. The molecule has 106 valence electrons. The van der Waals surface area contributed by atoms with Crippen molar-refractivity contribution in [2.45, 2.75) is 25.7 Å². The molecule has 3 aromatic rings. The molecule has 21 heavy (non-hydrogen) atoms. The minimum Gasteiger partial charge on any atom is -0.437 e. The quantitative estimate of drug-likeness (QED) is 0.689. The topological polar surface area (TPSA) is 43.6 Å². The van der Waals surface area contributed by atoms with E-state index >= 15 is 0 Å². The summed E-state index contributed by atoms with van der Waals surface area (Å²) in [7, 11) is 0. The molecule has 2 heterocycles. The summed E-state index contributed by atoms with van der Waals surface area (Å²) in [6.45, 7) is 0. The lowest BCUT2D eigenvalue weighted by Crippen LogP contribution is -2.02. The van der Waals surface area contributed by atoms with Crippen LogP contribution in [0.4, 0.5) is 0 Å². The van der Waals surface area contributed by atoms with E-state index in [1.165, 1.54) is 35.3 Å². The zero-order chi connectivity index (χ0) is 14.2. The van der Waals surface area contributed by atoms with Crippen molar-refractivity contribution in [3.63, 3.8) is 0 Å². The Labute approximate surface area is 126 Å². The highest BCUT2D eigenvalue weighted by molar-refractivity contribution is 7.15. The number of aromatic nitrogens is 2. The third-order valence-electron chi connectivity index (χ3n) is 3.91. The van der Waals surface area contributed by atoms with Gasteiger partial charge >= 0.3 is 0 Å². The van der Waals surface area contributed by atoms with Gasteiger partial charge in [-0.1, -0.05) is 6.07 Å². The lowest BCUT2D eigenvalue weighted by molar-refractivity contribution is 0.111. The summed E-state index contributed by atoms with van der Waals surface area (Å²) in [6, 6.07) is 6.17. The molecule has 0 amide bonds. The van der Waals surface area contributed by atoms with Crippen LogP contribution in [0.15, 0.2) is 29.8 Å². The molecule has 0 spiro atoms. The second-order valence-corrected chi connectivity index (χ2v) is 6.09. The number of fused-ring (bicyclic) bond motifs is 2. The minimum atomic E-state index is 0.382. The minimum absolute atomic E-state index is 0.382. The third kappa shape index (κ3) is 2.14. The molecule has 0 atom stereocenters. The number of benzene rings is 1. The number of carbonyl (C=O) groups excluding carboxylic acids is 1. The van der Waals surface area contributed by atoms with Crippen LogP contribution in [-0.2, 0) is 12.8 Å². The highest BCUT2D eigenvalue weighted by atomic mass is 32.1. The average molecular weight is 298 g/mol. The van der Waals surface area contributed by atoms with Gasteiger partial charge in [0.05, 0.1) is 0 Å². The number of hydrogen-bond donors (Lipinski definition) is 0. The van der Waals surface area contributed by atoms with Crippen LogP contribution in [0.1, 0.15) is 34.5 Å². The van der Waals surface area contributed by atoms with Gasteiger partial charge in [0, 0.05) is 11.6 Å². The molecule has 0 bridgehead atoms. The second-order valence-electron chi connectivity index (χ2n) is 5.22. The summed E-state index contributed by atoms with van der Waals surface area (Å²) >= 11 is 1.48. The highest BCUT2D eigenvalue weighted by Crippen LogP contribution is 2.30. The average Bonchev–Trinajstić information content (AvgIpc) is 3.07. The maximum Gasteiger partial charge on any atom is 0.250 e. The summed E-state index contributed by atoms with van der Waals surface area (Å²) < 4.78 is 7.61. The van der Waals surface area contributed by atoms with Crippen LogP contribution in [0.3, 0.4) is 0 Å². The Morgan fingerprint density at radius 1 is 1.24 bits per heavy atom. The summed E-state index contributed by atoms with van der Waals surface area (Å²) in [5.74, 6) is 1.14. The predicted molar refractivity (Wildman–Crippen MR) is 81.6 cm³/mol. The molecular weight excluding hydrogens is 284 g/mol. The SMILES string of the molecule is O=Cc1c(Oc2ccc3c(c2)CCCC3)nc2sccn12. The van der Waals surface area contributed by atoms with Crippen molar-refractivity contribution in [3.05, 3.63) is 46.6 Å². The van der Waals surface area contributed by atoms with Crippen LogP contribution in [0.5, 0.6) is 11.6 Å². The van der Waals surface area contributed by atoms with Gasteiger partial charge in [-0.25, -0.2) is 0 Å². The van der Waals surface area contributed by atoms with Crippen molar-refractivity contribution in [2.75, 3.05) is 0 Å². The highest BCUT2D eigenvalue weighted by Gasteiger charge is 2.16. The van der Waals surface area contributed by atoms with E-state index in [2.05, 4.69) is 17.1 Å². The van der Waals surface area contributed by atoms with Crippen LogP contribution in [0.2, 0.25) is 0 Å². The molecule has 0 radical (unpaired) electrons. The third-order valence-corrected chi connectivity index (χ3v) is 4.67. The fourth-order valence-corrected chi connectivity index (χ4v) is 3.56. The summed E-state index contributed by atoms with van der Waals surface area (Å²) in [4.78, 5) is 16.4. The molecule has 0 fully saturated rings. The van der Waals surface area contributed by atoms with Crippen molar-refractivity contribution in [3.8, 4) is 11.6 Å². The molecule has 5 heteroatoms. The Balaban J connectivity index is 1.71. The normalized spacial score (nSPS) is 14.1. The first-order valence-corrected chi connectivity index (χ1v) is 7.93. The first kappa shape index (κ1) is 12.6. The van der Waals surface area contributed by atoms with Gasteiger partial charge in [-0.15, -0.1) is 11.3 Å². The van der Waals surface area contributed by atoms with Gasteiger partial charge in [-0.2, -0.15) is 4.98 Å². The zero-order valence-corrected chi connectivity index (χ0v) is 12.2. The Morgan fingerprint density at radius 3 is 2.95 bits per heavy atom. The van der Waals surface area contributed by atoms with Gasteiger partial charge in [0.2, 0.25) is 5.88 Å². The first-order valence-electron chi connectivity index (χ1n) is 7.05. The number of ether oxygens (including phenoxy) is 1.